The Morgan fingerprint density at radius 3 is 2.47 bits per heavy atom. The molecule has 0 heterocycles. The standard InChI is InChI=1S/C10H10ClNO2S/c1-3-8-4-5-10(15(11,13)14)9(6-12)7(8)2/h4-5H,3H2,1-2H3. The first-order valence-electron chi connectivity index (χ1n) is 4.39. The summed E-state index contributed by atoms with van der Waals surface area (Å²) in [5.41, 5.74) is 1.78. The van der Waals surface area contributed by atoms with Crippen LogP contribution in [0.25, 0.3) is 0 Å². The van der Waals surface area contributed by atoms with Gasteiger partial charge in [0.15, 0.2) is 0 Å². The van der Waals surface area contributed by atoms with Gasteiger partial charge in [-0.3, -0.25) is 0 Å². The second-order valence-electron chi connectivity index (χ2n) is 3.13. The molecule has 80 valence electrons. The quantitative estimate of drug-likeness (QED) is 0.750. The first kappa shape index (κ1) is 12.0. The number of rotatable bonds is 2. The summed E-state index contributed by atoms with van der Waals surface area (Å²) >= 11 is 0. The smallest absolute Gasteiger partial charge is 0.207 e. The molecule has 0 atom stereocenters. The van der Waals surface area contributed by atoms with Crippen LogP contribution in [0.4, 0.5) is 0 Å². The lowest BCUT2D eigenvalue weighted by Gasteiger charge is -2.07. The molecule has 0 aliphatic heterocycles. The predicted octanol–water partition coefficient (Wildman–Crippen LogP) is 2.36. The largest absolute Gasteiger partial charge is 0.262 e. The van der Waals surface area contributed by atoms with Gasteiger partial charge in [-0.05, 0) is 30.5 Å². The molecule has 1 rings (SSSR count). The van der Waals surface area contributed by atoms with Crippen LogP contribution in [-0.4, -0.2) is 8.42 Å². The van der Waals surface area contributed by atoms with E-state index in [-0.39, 0.29) is 10.5 Å². The first-order chi connectivity index (χ1) is 6.91. The average Bonchev–Trinajstić information content (AvgIpc) is 2.15. The molecule has 0 fully saturated rings. The maximum atomic E-state index is 11.2. The molecule has 0 saturated heterocycles. The van der Waals surface area contributed by atoms with Crippen molar-refractivity contribution in [1.82, 2.24) is 0 Å². The summed E-state index contributed by atoms with van der Waals surface area (Å²) in [7, 11) is 1.39. The minimum absolute atomic E-state index is 0.110. The lowest BCUT2D eigenvalue weighted by Crippen LogP contribution is -2.00. The number of hydrogen-bond acceptors (Lipinski definition) is 3. The van der Waals surface area contributed by atoms with Gasteiger partial charge in [-0.15, -0.1) is 0 Å². The zero-order valence-electron chi connectivity index (χ0n) is 8.41. The highest BCUT2D eigenvalue weighted by atomic mass is 35.7. The van der Waals surface area contributed by atoms with Crippen LogP contribution in [0, 0.1) is 18.3 Å². The molecule has 5 heteroatoms. The Labute approximate surface area is 93.7 Å². The molecule has 0 spiro atoms. The van der Waals surface area contributed by atoms with Crippen LogP contribution in [-0.2, 0) is 15.5 Å². The molecule has 15 heavy (non-hydrogen) atoms. The number of nitriles is 1. The molecule has 0 aliphatic carbocycles. The monoisotopic (exact) mass is 243 g/mol. The Morgan fingerprint density at radius 2 is 2.07 bits per heavy atom. The summed E-state index contributed by atoms with van der Waals surface area (Å²) in [6.07, 6.45) is 0.753. The van der Waals surface area contributed by atoms with E-state index in [9.17, 15) is 8.42 Å². The van der Waals surface area contributed by atoms with Gasteiger partial charge >= 0.3 is 0 Å². The summed E-state index contributed by atoms with van der Waals surface area (Å²) in [6, 6.07) is 4.95. The Balaban J connectivity index is 3.61. The van der Waals surface area contributed by atoms with Crippen molar-refractivity contribution >= 4 is 19.7 Å². The molecule has 1 aromatic rings. The zero-order valence-corrected chi connectivity index (χ0v) is 9.98. The van der Waals surface area contributed by atoms with Gasteiger partial charge in [-0.1, -0.05) is 13.0 Å². The van der Waals surface area contributed by atoms with Gasteiger partial charge in [0.05, 0.1) is 5.56 Å². The zero-order chi connectivity index (χ0) is 11.6. The highest BCUT2D eigenvalue weighted by molar-refractivity contribution is 8.13. The number of nitrogens with zero attached hydrogens (tertiary/aromatic N) is 1. The molecule has 0 bridgehead atoms. The fourth-order valence-corrected chi connectivity index (χ4v) is 2.51. The van der Waals surface area contributed by atoms with Gasteiger partial charge in [0.2, 0.25) is 0 Å². The fourth-order valence-electron chi connectivity index (χ4n) is 1.46. The summed E-state index contributed by atoms with van der Waals surface area (Å²) in [4.78, 5) is -0.110. The highest BCUT2D eigenvalue weighted by Gasteiger charge is 2.18. The minimum atomic E-state index is -3.84. The third kappa shape index (κ3) is 2.31. The Bertz CT molecular complexity index is 529. The lowest BCUT2D eigenvalue weighted by atomic mass is 10.0. The molecule has 0 aliphatic rings. The van der Waals surface area contributed by atoms with Crippen molar-refractivity contribution in [1.29, 1.82) is 5.26 Å². The lowest BCUT2D eigenvalue weighted by molar-refractivity contribution is 0.609. The van der Waals surface area contributed by atoms with Crippen molar-refractivity contribution in [2.75, 3.05) is 0 Å². The van der Waals surface area contributed by atoms with E-state index in [1.165, 1.54) is 6.07 Å². The van der Waals surface area contributed by atoms with Crippen LogP contribution in [0.2, 0.25) is 0 Å². The summed E-state index contributed by atoms with van der Waals surface area (Å²) < 4.78 is 22.4. The highest BCUT2D eigenvalue weighted by Crippen LogP contribution is 2.24. The van der Waals surface area contributed by atoms with Gasteiger partial charge in [-0.25, -0.2) is 8.42 Å². The number of halogens is 1. The van der Waals surface area contributed by atoms with Crippen LogP contribution in [0.15, 0.2) is 17.0 Å². The number of hydrogen-bond donors (Lipinski definition) is 0. The SMILES string of the molecule is CCc1ccc(S(=O)(=O)Cl)c(C#N)c1C. The van der Waals surface area contributed by atoms with Crippen molar-refractivity contribution in [2.45, 2.75) is 25.2 Å². The molecule has 0 unspecified atom stereocenters. The molecule has 0 amide bonds. The number of aryl methyl sites for hydroxylation is 1. The minimum Gasteiger partial charge on any atom is -0.207 e. The van der Waals surface area contributed by atoms with E-state index >= 15 is 0 Å². The molecular formula is C10H10ClNO2S. The van der Waals surface area contributed by atoms with Crippen LogP contribution in [0.3, 0.4) is 0 Å². The van der Waals surface area contributed by atoms with Gasteiger partial charge in [0, 0.05) is 10.7 Å². The van der Waals surface area contributed by atoms with Crippen molar-refractivity contribution in [2.24, 2.45) is 0 Å². The Hall–Kier alpha value is -1.05. The van der Waals surface area contributed by atoms with Crippen LogP contribution >= 0.6 is 10.7 Å². The van der Waals surface area contributed by atoms with E-state index in [0.717, 1.165) is 12.0 Å². The van der Waals surface area contributed by atoms with E-state index in [4.69, 9.17) is 15.9 Å². The average molecular weight is 244 g/mol. The molecular weight excluding hydrogens is 234 g/mol. The third-order valence-corrected chi connectivity index (χ3v) is 3.66. The topological polar surface area (TPSA) is 57.9 Å². The Morgan fingerprint density at radius 1 is 1.47 bits per heavy atom. The maximum Gasteiger partial charge on any atom is 0.262 e. The van der Waals surface area contributed by atoms with Crippen LogP contribution in [0.1, 0.15) is 23.6 Å². The van der Waals surface area contributed by atoms with Gasteiger partial charge in [-0.2, -0.15) is 5.26 Å². The van der Waals surface area contributed by atoms with Crippen molar-refractivity contribution in [3.05, 3.63) is 28.8 Å². The van der Waals surface area contributed by atoms with Gasteiger partial charge in [0.1, 0.15) is 11.0 Å². The number of benzene rings is 1. The molecule has 3 nitrogen and oxygen atoms in total. The predicted molar refractivity (Wildman–Crippen MR) is 58.3 cm³/mol. The molecule has 1 aromatic carbocycles. The van der Waals surface area contributed by atoms with Crippen molar-refractivity contribution in [3.8, 4) is 6.07 Å². The summed E-state index contributed by atoms with van der Waals surface area (Å²) in [5.74, 6) is 0. The van der Waals surface area contributed by atoms with Crippen LogP contribution < -0.4 is 0 Å². The third-order valence-electron chi connectivity index (χ3n) is 2.29. The maximum absolute atomic E-state index is 11.2. The molecule has 0 radical (unpaired) electrons. The first-order valence-corrected chi connectivity index (χ1v) is 6.70. The van der Waals surface area contributed by atoms with E-state index < -0.39 is 9.05 Å². The van der Waals surface area contributed by atoms with Crippen molar-refractivity contribution in [3.63, 3.8) is 0 Å². The van der Waals surface area contributed by atoms with E-state index in [1.54, 1.807) is 13.0 Å². The van der Waals surface area contributed by atoms with Gasteiger partial charge < -0.3 is 0 Å². The van der Waals surface area contributed by atoms with E-state index in [2.05, 4.69) is 0 Å². The normalized spacial score (nSPS) is 11.1. The summed E-state index contributed by atoms with van der Waals surface area (Å²) in [5, 5.41) is 8.91. The second-order valence-corrected chi connectivity index (χ2v) is 5.66. The van der Waals surface area contributed by atoms with Crippen LogP contribution in [0.5, 0.6) is 0 Å². The second kappa shape index (κ2) is 4.21. The summed E-state index contributed by atoms with van der Waals surface area (Å²) in [6.45, 7) is 3.67. The molecule has 0 aromatic heterocycles. The van der Waals surface area contributed by atoms with E-state index in [0.29, 0.717) is 5.56 Å². The van der Waals surface area contributed by atoms with Gasteiger partial charge in [0.25, 0.3) is 9.05 Å². The molecule has 0 N–H and O–H groups in total. The Kier molecular flexibility index (Phi) is 3.38. The van der Waals surface area contributed by atoms with E-state index in [1.807, 2.05) is 13.0 Å². The van der Waals surface area contributed by atoms with Crippen molar-refractivity contribution < 1.29 is 8.42 Å². The molecule has 0 saturated carbocycles. The fraction of sp³-hybridized carbons (Fsp3) is 0.300.